The second-order valence-electron chi connectivity index (χ2n) is 6.23. The number of carbonyl (C=O) groups excluding carboxylic acids is 4. The third kappa shape index (κ3) is 17.5. The van der Waals surface area contributed by atoms with Crippen LogP contribution in [0.1, 0.15) is 60.3 Å². The Bertz CT molecular complexity index is 501. The monoisotopic (exact) mass is 416 g/mol. The van der Waals surface area contributed by atoms with Crippen molar-refractivity contribution in [2.45, 2.75) is 60.3 Å². The predicted octanol–water partition coefficient (Wildman–Crippen LogP) is 3.22. The highest BCUT2D eigenvalue weighted by Gasteiger charge is 2.12. The van der Waals surface area contributed by atoms with Crippen LogP contribution in [0.2, 0.25) is 0 Å². The first-order valence-electron chi connectivity index (χ1n) is 10.0. The molecule has 0 N–H and O–H groups in total. The normalized spacial score (nSPS) is 11.8. The van der Waals surface area contributed by atoms with E-state index in [0.717, 1.165) is 12.5 Å². The van der Waals surface area contributed by atoms with Gasteiger partial charge in [-0.1, -0.05) is 34.3 Å². The molecule has 0 spiro atoms. The third-order valence-corrected chi connectivity index (χ3v) is 3.84. The van der Waals surface area contributed by atoms with Crippen LogP contribution in [0.25, 0.3) is 0 Å². The lowest BCUT2D eigenvalue weighted by molar-refractivity contribution is -0.155. The fourth-order valence-electron chi connectivity index (χ4n) is 1.58. The van der Waals surface area contributed by atoms with Gasteiger partial charge < -0.3 is 18.9 Å². The lowest BCUT2D eigenvalue weighted by atomic mass is 10.1. The van der Waals surface area contributed by atoms with Gasteiger partial charge in [-0.3, -0.25) is 14.4 Å². The van der Waals surface area contributed by atoms with Crippen LogP contribution in [-0.2, 0) is 38.1 Å². The zero-order chi connectivity index (χ0) is 22.7. The lowest BCUT2D eigenvalue weighted by Crippen LogP contribution is -2.18. The van der Waals surface area contributed by atoms with Crippen molar-refractivity contribution in [1.29, 1.82) is 0 Å². The maximum Gasteiger partial charge on any atom is 0.330 e. The van der Waals surface area contributed by atoms with Gasteiger partial charge in [0, 0.05) is 12.5 Å². The Morgan fingerprint density at radius 3 is 1.79 bits per heavy atom. The number of ether oxygens (including phenoxy) is 4. The second kappa shape index (κ2) is 19.0. The van der Waals surface area contributed by atoms with E-state index < -0.39 is 11.9 Å². The molecule has 0 aliphatic heterocycles. The molecular formula is C21H36O8. The van der Waals surface area contributed by atoms with Crippen molar-refractivity contribution in [2.75, 3.05) is 26.4 Å². The lowest BCUT2D eigenvalue weighted by Gasteiger charge is -2.09. The van der Waals surface area contributed by atoms with Crippen LogP contribution >= 0.6 is 0 Å². The first kappa shape index (κ1) is 28.8. The molecule has 8 nitrogen and oxygen atoms in total. The Kier molecular flexibility index (Phi) is 18.8. The van der Waals surface area contributed by atoms with Crippen molar-refractivity contribution in [1.82, 2.24) is 0 Å². The number of esters is 4. The summed E-state index contributed by atoms with van der Waals surface area (Å²) in [6, 6.07) is 0. The predicted molar refractivity (Wildman–Crippen MR) is 108 cm³/mol. The molecule has 0 heterocycles. The molecule has 29 heavy (non-hydrogen) atoms. The van der Waals surface area contributed by atoms with Crippen molar-refractivity contribution >= 4 is 23.9 Å². The van der Waals surface area contributed by atoms with E-state index in [0.29, 0.717) is 19.4 Å². The van der Waals surface area contributed by atoms with E-state index in [2.05, 4.69) is 6.58 Å². The van der Waals surface area contributed by atoms with E-state index in [-0.39, 0.29) is 50.0 Å². The molecular weight excluding hydrogens is 380 g/mol. The zero-order valence-corrected chi connectivity index (χ0v) is 18.4. The minimum atomic E-state index is -0.518. The Labute approximate surface area is 173 Å². The summed E-state index contributed by atoms with van der Waals surface area (Å²) in [4.78, 5) is 44.0. The van der Waals surface area contributed by atoms with Crippen LogP contribution < -0.4 is 0 Å². The molecule has 0 aliphatic rings. The van der Waals surface area contributed by atoms with E-state index >= 15 is 0 Å². The van der Waals surface area contributed by atoms with E-state index in [1.165, 1.54) is 0 Å². The summed E-state index contributed by atoms with van der Waals surface area (Å²) in [6.45, 7) is 13.3. The molecule has 0 radical (unpaired) electrons. The van der Waals surface area contributed by atoms with Crippen molar-refractivity contribution < 1.29 is 38.1 Å². The highest BCUT2D eigenvalue weighted by atomic mass is 16.6. The van der Waals surface area contributed by atoms with Crippen LogP contribution in [-0.4, -0.2) is 50.3 Å². The molecule has 0 saturated carbocycles. The largest absolute Gasteiger partial charge is 0.466 e. The van der Waals surface area contributed by atoms with Crippen LogP contribution in [0, 0.1) is 11.8 Å². The van der Waals surface area contributed by atoms with Gasteiger partial charge in [-0.2, -0.15) is 0 Å². The standard InChI is InChI=1S/C14H22O6.C7H14O2/c1-4-11(3)14(17)20-10-9-19-13(16)7-6-8-18-12(15)5-2;1-4-6(3)7(8)9-5-2/h5,11H,2,4,6-10H2,1,3H3;6H,4-5H2,1-3H3. The van der Waals surface area contributed by atoms with Crippen molar-refractivity contribution in [3.05, 3.63) is 12.7 Å². The summed E-state index contributed by atoms with van der Waals surface area (Å²) in [7, 11) is 0. The molecule has 8 heteroatoms. The second-order valence-corrected chi connectivity index (χ2v) is 6.23. The maximum absolute atomic E-state index is 11.3. The molecule has 0 bridgehead atoms. The summed E-state index contributed by atoms with van der Waals surface area (Å²) in [5.74, 6) is -1.40. The third-order valence-electron chi connectivity index (χ3n) is 3.84. The highest BCUT2D eigenvalue weighted by molar-refractivity contribution is 5.81. The Hall–Kier alpha value is -2.38. The SMILES string of the molecule is C=CC(=O)OCCCC(=O)OCCOC(=O)C(C)CC.CCOC(=O)C(C)CC. The van der Waals surface area contributed by atoms with E-state index in [4.69, 9.17) is 18.9 Å². The quantitative estimate of drug-likeness (QED) is 0.195. The topological polar surface area (TPSA) is 105 Å². The van der Waals surface area contributed by atoms with Gasteiger partial charge in [0.1, 0.15) is 13.2 Å². The first-order chi connectivity index (χ1) is 13.7. The molecule has 0 aliphatic carbocycles. The maximum atomic E-state index is 11.3. The molecule has 0 amide bonds. The Balaban J connectivity index is 0. The average Bonchev–Trinajstić information content (AvgIpc) is 2.73. The smallest absolute Gasteiger partial charge is 0.330 e. The molecule has 0 aromatic rings. The minimum Gasteiger partial charge on any atom is -0.466 e. The van der Waals surface area contributed by atoms with Gasteiger partial charge in [0.2, 0.25) is 0 Å². The number of hydrogen-bond acceptors (Lipinski definition) is 8. The number of hydrogen-bond donors (Lipinski definition) is 0. The molecule has 0 aromatic heterocycles. The molecule has 0 saturated heterocycles. The molecule has 0 aromatic carbocycles. The fraction of sp³-hybridized carbons (Fsp3) is 0.714. The summed E-state index contributed by atoms with van der Waals surface area (Å²) in [5.41, 5.74) is 0. The van der Waals surface area contributed by atoms with Gasteiger partial charge in [-0.05, 0) is 26.2 Å². The van der Waals surface area contributed by atoms with Crippen LogP contribution in [0.3, 0.4) is 0 Å². The van der Waals surface area contributed by atoms with E-state index in [1.807, 2.05) is 27.7 Å². The molecule has 168 valence electrons. The first-order valence-corrected chi connectivity index (χ1v) is 10.0. The molecule has 2 atom stereocenters. The Morgan fingerprint density at radius 1 is 0.793 bits per heavy atom. The summed E-state index contributed by atoms with van der Waals surface area (Å²) >= 11 is 0. The zero-order valence-electron chi connectivity index (χ0n) is 18.4. The van der Waals surface area contributed by atoms with Crippen LogP contribution in [0.4, 0.5) is 0 Å². The van der Waals surface area contributed by atoms with Gasteiger partial charge in [0.25, 0.3) is 0 Å². The molecule has 2 unspecified atom stereocenters. The van der Waals surface area contributed by atoms with Crippen LogP contribution in [0.15, 0.2) is 12.7 Å². The van der Waals surface area contributed by atoms with Gasteiger partial charge in [0.15, 0.2) is 0 Å². The number of rotatable bonds is 13. The van der Waals surface area contributed by atoms with Gasteiger partial charge >= 0.3 is 23.9 Å². The summed E-state index contributed by atoms with van der Waals surface area (Å²) in [6.07, 6.45) is 3.15. The van der Waals surface area contributed by atoms with E-state index in [9.17, 15) is 19.2 Å². The summed E-state index contributed by atoms with van der Waals surface area (Å²) in [5, 5.41) is 0. The minimum absolute atomic E-state index is 0.0352. The average molecular weight is 417 g/mol. The van der Waals surface area contributed by atoms with Gasteiger partial charge in [-0.25, -0.2) is 4.79 Å². The fourth-order valence-corrected chi connectivity index (χ4v) is 1.58. The highest BCUT2D eigenvalue weighted by Crippen LogP contribution is 2.03. The number of carbonyl (C=O) groups is 4. The van der Waals surface area contributed by atoms with Crippen molar-refractivity contribution in [3.8, 4) is 0 Å². The van der Waals surface area contributed by atoms with Gasteiger partial charge in [-0.15, -0.1) is 0 Å². The van der Waals surface area contributed by atoms with Crippen LogP contribution in [0.5, 0.6) is 0 Å². The molecule has 0 fully saturated rings. The van der Waals surface area contributed by atoms with Crippen molar-refractivity contribution in [3.63, 3.8) is 0 Å². The van der Waals surface area contributed by atoms with E-state index in [1.54, 1.807) is 6.92 Å². The molecule has 0 rings (SSSR count). The van der Waals surface area contributed by atoms with Crippen molar-refractivity contribution in [2.24, 2.45) is 11.8 Å². The Morgan fingerprint density at radius 2 is 1.31 bits per heavy atom. The summed E-state index contributed by atoms with van der Waals surface area (Å²) < 4.78 is 19.2. The van der Waals surface area contributed by atoms with Gasteiger partial charge in [0.05, 0.1) is 25.0 Å².